The standard InChI is InChI=1S/C15H14S3/c1-10(2)11-5-6-14(17-11)15-8-7-13(18-15)12-4-3-9-16-12/h3-10H,1-2H3. The van der Waals surface area contributed by atoms with E-state index in [-0.39, 0.29) is 0 Å². The lowest BCUT2D eigenvalue weighted by Gasteiger charge is -1.97. The smallest absolute Gasteiger partial charge is 0.0449 e. The Morgan fingerprint density at radius 2 is 1.44 bits per heavy atom. The van der Waals surface area contributed by atoms with E-state index in [1.54, 1.807) is 0 Å². The van der Waals surface area contributed by atoms with Gasteiger partial charge >= 0.3 is 0 Å². The summed E-state index contributed by atoms with van der Waals surface area (Å²) in [4.78, 5) is 6.99. The molecule has 0 bridgehead atoms. The molecule has 0 aliphatic rings. The average molecular weight is 290 g/mol. The Hall–Kier alpha value is -0.900. The lowest BCUT2D eigenvalue weighted by Crippen LogP contribution is -1.77. The highest BCUT2D eigenvalue weighted by Crippen LogP contribution is 2.40. The molecule has 0 atom stereocenters. The van der Waals surface area contributed by atoms with Gasteiger partial charge in [-0.15, -0.1) is 34.0 Å². The maximum atomic E-state index is 2.26. The largest absolute Gasteiger partial charge is 0.143 e. The minimum atomic E-state index is 0.625. The maximum absolute atomic E-state index is 2.26. The van der Waals surface area contributed by atoms with Crippen molar-refractivity contribution in [3.05, 3.63) is 46.7 Å². The number of thiophene rings is 3. The van der Waals surface area contributed by atoms with Gasteiger partial charge in [0, 0.05) is 24.4 Å². The van der Waals surface area contributed by atoms with Gasteiger partial charge in [0.05, 0.1) is 0 Å². The van der Waals surface area contributed by atoms with Crippen molar-refractivity contribution >= 4 is 34.0 Å². The lowest BCUT2D eigenvalue weighted by atomic mass is 10.2. The molecular formula is C15H14S3. The molecular weight excluding hydrogens is 276 g/mol. The molecule has 92 valence electrons. The third-order valence-corrected chi connectivity index (χ3v) is 6.54. The van der Waals surface area contributed by atoms with Crippen LogP contribution in [-0.4, -0.2) is 0 Å². The van der Waals surface area contributed by atoms with Crippen molar-refractivity contribution in [2.24, 2.45) is 0 Å². The Balaban J connectivity index is 1.93. The third kappa shape index (κ3) is 2.30. The summed E-state index contributed by atoms with van der Waals surface area (Å²) >= 11 is 5.62. The van der Waals surface area contributed by atoms with Crippen LogP contribution in [0.4, 0.5) is 0 Å². The molecule has 3 heteroatoms. The van der Waals surface area contributed by atoms with Gasteiger partial charge in [-0.2, -0.15) is 0 Å². The molecule has 0 nitrogen and oxygen atoms in total. The zero-order valence-corrected chi connectivity index (χ0v) is 12.8. The van der Waals surface area contributed by atoms with E-state index in [0.717, 1.165) is 0 Å². The second-order valence-electron chi connectivity index (χ2n) is 4.50. The van der Waals surface area contributed by atoms with Crippen LogP contribution in [-0.2, 0) is 0 Å². The molecule has 3 aromatic rings. The summed E-state index contributed by atoms with van der Waals surface area (Å²) in [6, 6.07) is 13.3. The molecule has 3 rings (SSSR count). The van der Waals surface area contributed by atoms with Crippen molar-refractivity contribution in [1.82, 2.24) is 0 Å². The second-order valence-corrected chi connectivity index (χ2v) is 7.64. The first-order chi connectivity index (χ1) is 8.74. The zero-order valence-electron chi connectivity index (χ0n) is 10.3. The van der Waals surface area contributed by atoms with Gasteiger partial charge in [0.25, 0.3) is 0 Å². The monoisotopic (exact) mass is 290 g/mol. The van der Waals surface area contributed by atoms with E-state index >= 15 is 0 Å². The summed E-state index contributed by atoms with van der Waals surface area (Å²) in [5, 5.41) is 2.14. The molecule has 3 aromatic heterocycles. The van der Waals surface area contributed by atoms with E-state index in [0.29, 0.717) is 5.92 Å². The molecule has 3 heterocycles. The van der Waals surface area contributed by atoms with Crippen LogP contribution < -0.4 is 0 Å². The molecule has 0 aliphatic heterocycles. The summed E-state index contributed by atoms with van der Waals surface area (Å²) < 4.78 is 0. The van der Waals surface area contributed by atoms with Crippen LogP contribution in [0, 0.1) is 0 Å². The quantitative estimate of drug-likeness (QED) is 0.529. The fourth-order valence-corrected chi connectivity index (χ4v) is 4.76. The predicted octanol–water partition coefficient (Wildman–Crippen LogP) is 6.33. The predicted molar refractivity (Wildman–Crippen MR) is 85.0 cm³/mol. The highest BCUT2D eigenvalue weighted by atomic mass is 32.1. The Morgan fingerprint density at radius 3 is 2.06 bits per heavy atom. The minimum absolute atomic E-state index is 0.625. The summed E-state index contributed by atoms with van der Waals surface area (Å²) in [5.41, 5.74) is 0. The highest BCUT2D eigenvalue weighted by Gasteiger charge is 2.09. The molecule has 0 aromatic carbocycles. The maximum Gasteiger partial charge on any atom is 0.0449 e. The third-order valence-electron chi connectivity index (χ3n) is 2.81. The Morgan fingerprint density at radius 1 is 0.778 bits per heavy atom. The van der Waals surface area contributed by atoms with E-state index in [2.05, 4.69) is 55.6 Å². The van der Waals surface area contributed by atoms with Crippen molar-refractivity contribution in [2.45, 2.75) is 19.8 Å². The van der Waals surface area contributed by atoms with Gasteiger partial charge in [-0.3, -0.25) is 0 Å². The van der Waals surface area contributed by atoms with Gasteiger partial charge in [0.15, 0.2) is 0 Å². The zero-order chi connectivity index (χ0) is 12.5. The van der Waals surface area contributed by atoms with Crippen LogP contribution in [0.2, 0.25) is 0 Å². The molecule has 0 saturated heterocycles. The van der Waals surface area contributed by atoms with Crippen LogP contribution >= 0.6 is 34.0 Å². The Bertz CT molecular complexity index is 626. The molecule has 0 fully saturated rings. The number of hydrogen-bond donors (Lipinski definition) is 0. The highest BCUT2D eigenvalue weighted by molar-refractivity contribution is 7.26. The van der Waals surface area contributed by atoms with Crippen LogP contribution in [0.1, 0.15) is 24.6 Å². The van der Waals surface area contributed by atoms with Crippen molar-refractivity contribution in [2.75, 3.05) is 0 Å². The van der Waals surface area contributed by atoms with Gasteiger partial charge in [0.2, 0.25) is 0 Å². The lowest BCUT2D eigenvalue weighted by molar-refractivity contribution is 0.890. The van der Waals surface area contributed by atoms with Crippen molar-refractivity contribution in [3.63, 3.8) is 0 Å². The van der Waals surface area contributed by atoms with E-state index in [1.807, 2.05) is 34.0 Å². The summed E-state index contributed by atoms with van der Waals surface area (Å²) in [7, 11) is 0. The van der Waals surface area contributed by atoms with Crippen molar-refractivity contribution in [3.8, 4) is 19.5 Å². The molecule has 0 N–H and O–H groups in total. The Kier molecular flexibility index (Phi) is 3.37. The fourth-order valence-electron chi connectivity index (χ4n) is 1.82. The fraction of sp³-hybridized carbons (Fsp3) is 0.200. The van der Waals surface area contributed by atoms with Gasteiger partial charge in [0.1, 0.15) is 0 Å². The molecule has 0 radical (unpaired) electrons. The van der Waals surface area contributed by atoms with Gasteiger partial charge in [-0.05, 0) is 41.6 Å². The summed E-state index contributed by atoms with van der Waals surface area (Å²) in [5.74, 6) is 0.625. The van der Waals surface area contributed by atoms with Gasteiger partial charge in [-0.1, -0.05) is 19.9 Å². The molecule has 0 aliphatic carbocycles. The Labute approximate surface area is 120 Å². The van der Waals surface area contributed by atoms with E-state index in [9.17, 15) is 0 Å². The second kappa shape index (κ2) is 5.00. The van der Waals surface area contributed by atoms with Crippen molar-refractivity contribution in [1.29, 1.82) is 0 Å². The summed E-state index contributed by atoms with van der Waals surface area (Å²) in [6.07, 6.45) is 0. The average Bonchev–Trinajstić information content (AvgIpc) is 3.10. The minimum Gasteiger partial charge on any atom is -0.143 e. The number of hydrogen-bond acceptors (Lipinski definition) is 3. The topological polar surface area (TPSA) is 0 Å². The number of rotatable bonds is 3. The van der Waals surface area contributed by atoms with Crippen molar-refractivity contribution < 1.29 is 0 Å². The molecule has 0 spiro atoms. The SMILES string of the molecule is CC(C)c1ccc(-c2ccc(-c3cccs3)s2)s1. The first-order valence-electron chi connectivity index (χ1n) is 5.98. The van der Waals surface area contributed by atoms with E-state index < -0.39 is 0 Å². The molecule has 0 unspecified atom stereocenters. The molecule has 0 amide bonds. The molecule has 18 heavy (non-hydrogen) atoms. The van der Waals surface area contributed by atoms with Crippen LogP contribution in [0.5, 0.6) is 0 Å². The van der Waals surface area contributed by atoms with Crippen LogP contribution in [0.3, 0.4) is 0 Å². The summed E-state index contributed by atoms with van der Waals surface area (Å²) in [6.45, 7) is 4.50. The van der Waals surface area contributed by atoms with Gasteiger partial charge in [-0.25, -0.2) is 0 Å². The first kappa shape index (κ1) is 12.2. The normalized spacial score (nSPS) is 11.3. The van der Waals surface area contributed by atoms with E-state index in [4.69, 9.17) is 0 Å². The molecule has 0 saturated carbocycles. The van der Waals surface area contributed by atoms with Crippen LogP contribution in [0.15, 0.2) is 41.8 Å². The van der Waals surface area contributed by atoms with E-state index in [1.165, 1.54) is 24.4 Å². The van der Waals surface area contributed by atoms with Gasteiger partial charge < -0.3 is 0 Å². The first-order valence-corrected chi connectivity index (χ1v) is 8.49. The van der Waals surface area contributed by atoms with Crippen LogP contribution in [0.25, 0.3) is 19.5 Å².